The number of ether oxygens (including phenoxy) is 1. The molecule has 0 aliphatic heterocycles. The van der Waals surface area contributed by atoms with Crippen LogP contribution in [0.3, 0.4) is 0 Å². The van der Waals surface area contributed by atoms with Gasteiger partial charge in [0, 0.05) is 19.3 Å². The highest BCUT2D eigenvalue weighted by Crippen LogP contribution is 2.33. The second kappa shape index (κ2) is 16.8. The summed E-state index contributed by atoms with van der Waals surface area (Å²) in [7, 11) is 0. The van der Waals surface area contributed by atoms with Crippen molar-refractivity contribution in [3.63, 3.8) is 0 Å². The molecule has 0 fully saturated rings. The molecule has 0 heterocycles. The zero-order chi connectivity index (χ0) is 22.9. The van der Waals surface area contributed by atoms with E-state index in [9.17, 15) is 14.7 Å². The molecule has 0 aromatic rings. The van der Waals surface area contributed by atoms with Crippen LogP contribution >= 0.6 is 0 Å². The third-order valence-electron chi connectivity index (χ3n) is 5.86. The largest absolute Gasteiger partial charge is 0.481 e. The molecule has 176 valence electrons. The zero-order valence-corrected chi connectivity index (χ0v) is 19.4. The fraction of sp³-hybridized carbons (Fsp3) is 0.692. The molecule has 0 saturated heterocycles. The number of unbranched alkanes of at least 4 members (excludes halogenated alkanes) is 5. The standard InChI is InChI=1S/C26H42O5/c1-3-4-5-6-7-8-16-23(28)17-11-9-14-22-15-10-12-18-24(22)25(31-21(2)27)19-13-20-26(29)30/h9-12,14,17,22-25,28H,3-8,13,15-16,18-20H2,1-2H3,(H,29,30)/b14-9+,17-11+/t22-,23?,24+,25?/m0/s1. The molecular formula is C26H42O5. The first-order valence-corrected chi connectivity index (χ1v) is 12.0. The molecule has 2 unspecified atom stereocenters. The highest BCUT2D eigenvalue weighted by molar-refractivity contribution is 5.67. The van der Waals surface area contributed by atoms with Crippen LogP contribution in [0.1, 0.15) is 90.9 Å². The van der Waals surface area contributed by atoms with E-state index in [-0.39, 0.29) is 30.3 Å². The van der Waals surface area contributed by atoms with E-state index < -0.39 is 12.1 Å². The van der Waals surface area contributed by atoms with E-state index in [1.807, 2.05) is 18.2 Å². The second-order valence-electron chi connectivity index (χ2n) is 8.60. The predicted octanol–water partition coefficient (Wildman–Crippen LogP) is 5.98. The molecule has 0 amide bonds. The maximum atomic E-state index is 11.6. The Balaban J connectivity index is 2.53. The Labute approximate surface area is 188 Å². The van der Waals surface area contributed by atoms with Crippen molar-refractivity contribution in [2.45, 2.75) is 103 Å². The number of aliphatic hydroxyl groups is 1. The Morgan fingerprint density at radius 1 is 1.03 bits per heavy atom. The van der Waals surface area contributed by atoms with Crippen LogP contribution in [0.5, 0.6) is 0 Å². The number of carbonyl (C=O) groups is 2. The average molecular weight is 435 g/mol. The van der Waals surface area contributed by atoms with Crippen molar-refractivity contribution in [2.75, 3.05) is 0 Å². The molecule has 0 saturated carbocycles. The van der Waals surface area contributed by atoms with Gasteiger partial charge < -0.3 is 14.9 Å². The molecular weight excluding hydrogens is 392 g/mol. The number of rotatable bonds is 16. The van der Waals surface area contributed by atoms with Crippen LogP contribution < -0.4 is 0 Å². The Kier molecular flexibility index (Phi) is 14.7. The van der Waals surface area contributed by atoms with Gasteiger partial charge in [-0.3, -0.25) is 9.59 Å². The monoisotopic (exact) mass is 434 g/mol. The van der Waals surface area contributed by atoms with E-state index >= 15 is 0 Å². The highest BCUT2D eigenvalue weighted by Gasteiger charge is 2.30. The summed E-state index contributed by atoms with van der Waals surface area (Å²) in [5, 5.41) is 19.0. The summed E-state index contributed by atoms with van der Waals surface area (Å²) in [4.78, 5) is 22.4. The van der Waals surface area contributed by atoms with Gasteiger partial charge in [0.25, 0.3) is 0 Å². The maximum Gasteiger partial charge on any atom is 0.303 e. The third kappa shape index (κ3) is 13.2. The predicted molar refractivity (Wildman–Crippen MR) is 125 cm³/mol. The summed E-state index contributed by atoms with van der Waals surface area (Å²) in [6.45, 7) is 3.62. The number of carbonyl (C=O) groups excluding carboxylic acids is 1. The summed E-state index contributed by atoms with van der Waals surface area (Å²) < 4.78 is 5.57. The van der Waals surface area contributed by atoms with Crippen LogP contribution in [0.25, 0.3) is 0 Å². The number of hydrogen-bond donors (Lipinski definition) is 2. The van der Waals surface area contributed by atoms with Gasteiger partial charge in [-0.25, -0.2) is 0 Å². The van der Waals surface area contributed by atoms with E-state index in [0.29, 0.717) is 12.8 Å². The lowest BCUT2D eigenvalue weighted by atomic mass is 9.78. The lowest BCUT2D eigenvalue weighted by molar-refractivity contribution is -0.150. The Bertz CT molecular complexity index is 593. The number of aliphatic hydroxyl groups excluding tert-OH is 1. The second-order valence-corrected chi connectivity index (χ2v) is 8.60. The quantitative estimate of drug-likeness (QED) is 0.135. The molecule has 0 spiro atoms. The van der Waals surface area contributed by atoms with Gasteiger partial charge in [0.15, 0.2) is 0 Å². The first kappa shape index (κ1) is 27.2. The number of esters is 1. The molecule has 0 bridgehead atoms. The van der Waals surface area contributed by atoms with Gasteiger partial charge in [0.2, 0.25) is 0 Å². The Morgan fingerprint density at radius 3 is 2.45 bits per heavy atom. The van der Waals surface area contributed by atoms with Gasteiger partial charge >= 0.3 is 11.9 Å². The topological polar surface area (TPSA) is 83.8 Å². The minimum absolute atomic E-state index is 0.0834. The van der Waals surface area contributed by atoms with Crippen LogP contribution in [0.15, 0.2) is 36.5 Å². The minimum atomic E-state index is -0.828. The first-order chi connectivity index (χ1) is 14.9. The van der Waals surface area contributed by atoms with E-state index in [0.717, 1.165) is 25.7 Å². The fourth-order valence-electron chi connectivity index (χ4n) is 4.16. The van der Waals surface area contributed by atoms with Gasteiger partial charge in [-0.05, 0) is 38.0 Å². The number of aliphatic carboxylic acids is 1. The SMILES string of the molecule is CCCCCCCCC(O)/C=C/C=C/[C@H]1CC=CC[C@H]1C(CCCC(=O)O)OC(C)=O. The molecule has 1 aliphatic rings. The van der Waals surface area contributed by atoms with E-state index in [1.54, 1.807) is 0 Å². The Morgan fingerprint density at radius 2 is 1.74 bits per heavy atom. The van der Waals surface area contributed by atoms with Gasteiger partial charge in [-0.15, -0.1) is 0 Å². The molecule has 0 aromatic carbocycles. The normalized spacial score (nSPS) is 20.9. The zero-order valence-electron chi connectivity index (χ0n) is 19.4. The number of allylic oxidation sites excluding steroid dienone is 5. The van der Waals surface area contributed by atoms with Gasteiger partial charge in [0.1, 0.15) is 6.10 Å². The van der Waals surface area contributed by atoms with Gasteiger partial charge in [-0.2, -0.15) is 0 Å². The van der Waals surface area contributed by atoms with Crippen molar-refractivity contribution < 1.29 is 24.5 Å². The minimum Gasteiger partial charge on any atom is -0.481 e. The summed E-state index contributed by atoms with van der Waals surface area (Å²) in [6.07, 6.45) is 22.3. The average Bonchev–Trinajstić information content (AvgIpc) is 2.73. The van der Waals surface area contributed by atoms with Crippen molar-refractivity contribution in [1.29, 1.82) is 0 Å². The number of hydrogen-bond acceptors (Lipinski definition) is 4. The van der Waals surface area contributed by atoms with Gasteiger partial charge in [-0.1, -0.05) is 81.9 Å². The van der Waals surface area contributed by atoms with Crippen LogP contribution in [-0.4, -0.2) is 34.4 Å². The molecule has 31 heavy (non-hydrogen) atoms. The summed E-state index contributed by atoms with van der Waals surface area (Å²) in [5.74, 6) is -0.790. The van der Waals surface area contributed by atoms with Crippen LogP contribution in [0.4, 0.5) is 0 Å². The third-order valence-corrected chi connectivity index (χ3v) is 5.86. The molecule has 0 radical (unpaired) electrons. The number of carboxylic acid groups (broad SMARTS) is 1. The van der Waals surface area contributed by atoms with Gasteiger partial charge in [0.05, 0.1) is 6.10 Å². The van der Waals surface area contributed by atoms with E-state index in [4.69, 9.17) is 9.84 Å². The molecule has 0 aromatic heterocycles. The molecule has 4 atom stereocenters. The van der Waals surface area contributed by atoms with Crippen molar-refractivity contribution in [3.05, 3.63) is 36.5 Å². The van der Waals surface area contributed by atoms with E-state index in [1.165, 1.54) is 39.0 Å². The summed E-state index contributed by atoms with van der Waals surface area (Å²) in [6, 6.07) is 0. The van der Waals surface area contributed by atoms with Crippen molar-refractivity contribution >= 4 is 11.9 Å². The first-order valence-electron chi connectivity index (χ1n) is 12.0. The molecule has 5 heteroatoms. The smallest absolute Gasteiger partial charge is 0.303 e. The van der Waals surface area contributed by atoms with Crippen LogP contribution in [-0.2, 0) is 14.3 Å². The van der Waals surface area contributed by atoms with Crippen molar-refractivity contribution in [1.82, 2.24) is 0 Å². The lowest BCUT2D eigenvalue weighted by Gasteiger charge is -2.33. The molecule has 5 nitrogen and oxygen atoms in total. The van der Waals surface area contributed by atoms with Crippen LogP contribution in [0, 0.1) is 11.8 Å². The van der Waals surface area contributed by atoms with Crippen molar-refractivity contribution in [2.24, 2.45) is 11.8 Å². The molecule has 2 N–H and O–H groups in total. The summed E-state index contributed by atoms with van der Waals surface area (Å²) in [5.41, 5.74) is 0. The highest BCUT2D eigenvalue weighted by atomic mass is 16.5. The molecule has 1 rings (SSSR count). The fourth-order valence-corrected chi connectivity index (χ4v) is 4.16. The summed E-state index contributed by atoms with van der Waals surface area (Å²) >= 11 is 0. The lowest BCUT2D eigenvalue weighted by Crippen LogP contribution is -2.32. The van der Waals surface area contributed by atoms with Crippen LogP contribution in [0.2, 0.25) is 0 Å². The number of carboxylic acids is 1. The molecule has 1 aliphatic carbocycles. The maximum absolute atomic E-state index is 11.6. The van der Waals surface area contributed by atoms with E-state index in [2.05, 4.69) is 25.2 Å². The Hall–Kier alpha value is -1.88. The van der Waals surface area contributed by atoms with Crippen molar-refractivity contribution in [3.8, 4) is 0 Å².